The summed E-state index contributed by atoms with van der Waals surface area (Å²) in [5.41, 5.74) is 0.525. The molecule has 11 heteroatoms. The number of carbonyl (C=O) groups excluding carboxylic acids is 5. The monoisotopic (exact) mass is 458 g/mol. The van der Waals surface area contributed by atoms with Crippen molar-refractivity contribution in [1.29, 1.82) is 0 Å². The van der Waals surface area contributed by atoms with Gasteiger partial charge in [-0.2, -0.15) is 0 Å². The first kappa shape index (κ1) is 24.9. The molecule has 0 aliphatic heterocycles. The summed E-state index contributed by atoms with van der Waals surface area (Å²) >= 11 is 0. The number of rotatable bonds is 8. The predicted octanol–water partition coefficient (Wildman–Crippen LogP) is 2.62. The lowest BCUT2D eigenvalue weighted by molar-refractivity contribution is -0.119. The van der Waals surface area contributed by atoms with Crippen molar-refractivity contribution in [1.82, 2.24) is 0 Å². The van der Waals surface area contributed by atoms with Gasteiger partial charge < -0.3 is 24.3 Å². The number of benzene rings is 2. The van der Waals surface area contributed by atoms with Crippen molar-refractivity contribution >= 4 is 41.3 Å². The normalized spacial score (nSPS) is 9.91. The Labute approximate surface area is 188 Å². The van der Waals surface area contributed by atoms with Crippen molar-refractivity contribution < 1.29 is 42.9 Å². The zero-order valence-corrected chi connectivity index (χ0v) is 18.1. The van der Waals surface area contributed by atoms with Gasteiger partial charge in [-0.3, -0.25) is 10.1 Å². The summed E-state index contributed by atoms with van der Waals surface area (Å²) in [6, 6.07) is 9.72. The Morgan fingerprint density at radius 2 is 1.33 bits per heavy atom. The number of anilines is 2. The summed E-state index contributed by atoms with van der Waals surface area (Å²) in [5.74, 6) is -2.98. The molecule has 2 aromatic rings. The fraction of sp³-hybridized carbons (Fsp3) is 0.227. The number of methoxy groups -OCH3 is 2. The van der Waals surface area contributed by atoms with Crippen LogP contribution in [0.25, 0.3) is 0 Å². The van der Waals surface area contributed by atoms with Gasteiger partial charge in [0.2, 0.25) is 0 Å². The summed E-state index contributed by atoms with van der Waals surface area (Å²) in [6.45, 7) is 1.19. The van der Waals surface area contributed by atoms with Crippen molar-refractivity contribution in [3.05, 3.63) is 59.2 Å². The Kier molecular flexibility index (Phi) is 8.92. The van der Waals surface area contributed by atoms with Gasteiger partial charge >= 0.3 is 24.0 Å². The van der Waals surface area contributed by atoms with Crippen LogP contribution in [0.3, 0.4) is 0 Å². The van der Waals surface area contributed by atoms with Crippen LogP contribution in [0.4, 0.5) is 16.2 Å². The van der Waals surface area contributed by atoms with E-state index in [1.807, 2.05) is 0 Å². The third kappa shape index (κ3) is 7.35. The molecule has 0 heterocycles. The highest BCUT2D eigenvalue weighted by Crippen LogP contribution is 2.17. The first-order valence-electron chi connectivity index (χ1n) is 9.60. The van der Waals surface area contributed by atoms with E-state index in [0.717, 1.165) is 0 Å². The fourth-order valence-corrected chi connectivity index (χ4v) is 2.59. The average molecular weight is 458 g/mol. The minimum Gasteiger partial charge on any atom is -0.465 e. The van der Waals surface area contributed by atoms with E-state index in [1.165, 1.54) is 50.6 Å². The van der Waals surface area contributed by atoms with E-state index in [0.29, 0.717) is 5.69 Å². The zero-order valence-electron chi connectivity index (χ0n) is 18.1. The van der Waals surface area contributed by atoms with Crippen LogP contribution in [0.2, 0.25) is 0 Å². The van der Waals surface area contributed by atoms with Crippen LogP contribution in [-0.2, 0) is 23.7 Å². The molecule has 2 aromatic carbocycles. The number of esters is 3. The quantitative estimate of drug-likeness (QED) is 0.450. The topological polar surface area (TPSA) is 146 Å². The van der Waals surface area contributed by atoms with Gasteiger partial charge in [-0.15, -0.1) is 0 Å². The van der Waals surface area contributed by atoms with Gasteiger partial charge in [0.1, 0.15) is 0 Å². The Morgan fingerprint density at radius 3 is 1.91 bits per heavy atom. The van der Waals surface area contributed by atoms with Crippen LogP contribution in [0.15, 0.2) is 42.5 Å². The number of carbonyl (C=O) groups is 5. The van der Waals surface area contributed by atoms with Crippen LogP contribution in [0.1, 0.15) is 38.0 Å². The zero-order chi connectivity index (χ0) is 24.4. The van der Waals surface area contributed by atoms with E-state index >= 15 is 0 Å². The van der Waals surface area contributed by atoms with Crippen LogP contribution < -0.4 is 10.6 Å². The molecule has 0 aliphatic rings. The second kappa shape index (κ2) is 11.8. The maximum atomic E-state index is 12.3. The second-order valence-electron chi connectivity index (χ2n) is 6.33. The molecule has 0 bridgehead atoms. The number of hydrogen-bond acceptors (Lipinski definition) is 9. The Morgan fingerprint density at radius 1 is 0.727 bits per heavy atom. The fourth-order valence-electron chi connectivity index (χ4n) is 2.59. The largest absolute Gasteiger partial charge is 0.465 e. The van der Waals surface area contributed by atoms with Crippen molar-refractivity contribution in [2.75, 3.05) is 38.1 Å². The first-order valence-corrected chi connectivity index (χ1v) is 9.60. The van der Waals surface area contributed by atoms with Crippen LogP contribution in [-0.4, -0.2) is 57.3 Å². The number of amides is 2. The van der Waals surface area contributed by atoms with Gasteiger partial charge in [-0.25, -0.2) is 19.2 Å². The van der Waals surface area contributed by atoms with Crippen LogP contribution in [0, 0.1) is 0 Å². The standard InChI is InChI=1S/C22H22N2O9/c1-4-32-22(29)24-16-7-5-6-13(9-16)21(28)33-12-18(25)23-17-10-14(19(26)30-2)8-15(11-17)20(27)31-3/h5-11H,4,12H2,1-3H3,(H,23,25)(H,24,29). The van der Waals surface area contributed by atoms with E-state index in [2.05, 4.69) is 20.1 Å². The molecule has 2 rings (SSSR count). The smallest absolute Gasteiger partial charge is 0.411 e. The van der Waals surface area contributed by atoms with E-state index < -0.39 is 36.5 Å². The third-order valence-corrected chi connectivity index (χ3v) is 4.01. The first-order chi connectivity index (χ1) is 15.8. The Hall–Kier alpha value is -4.41. The Bertz CT molecular complexity index is 1030. The molecule has 2 N–H and O–H groups in total. The van der Waals surface area contributed by atoms with Crippen molar-refractivity contribution in [3.63, 3.8) is 0 Å². The van der Waals surface area contributed by atoms with E-state index in [-0.39, 0.29) is 29.0 Å². The molecule has 2 amide bonds. The molecule has 0 saturated carbocycles. The van der Waals surface area contributed by atoms with E-state index in [4.69, 9.17) is 9.47 Å². The highest BCUT2D eigenvalue weighted by Gasteiger charge is 2.16. The molecule has 11 nitrogen and oxygen atoms in total. The van der Waals surface area contributed by atoms with Gasteiger partial charge in [0.05, 0.1) is 37.5 Å². The lowest BCUT2D eigenvalue weighted by atomic mass is 10.1. The summed E-state index contributed by atoms with van der Waals surface area (Å²) in [4.78, 5) is 59.6. The van der Waals surface area contributed by atoms with E-state index in [9.17, 15) is 24.0 Å². The van der Waals surface area contributed by atoms with Gasteiger partial charge in [0.25, 0.3) is 5.91 Å². The van der Waals surface area contributed by atoms with Crippen LogP contribution in [0.5, 0.6) is 0 Å². The summed E-state index contributed by atoms with van der Waals surface area (Å²) in [6.07, 6.45) is -0.678. The lowest BCUT2D eigenvalue weighted by Crippen LogP contribution is -2.21. The molecule has 0 fully saturated rings. The molecule has 0 aliphatic carbocycles. The summed E-state index contributed by atoms with van der Waals surface area (Å²) in [5, 5.41) is 4.88. The average Bonchev–Trinajstić information content (AvgIpc) is 2.81. The molecule has 0 atom stereocenters. The minimum atomic E-state index is -0.809. The van der Waals surface area contributed by atoms with Crippen LogP contribution >= 0.6 is 0 Å². The number of ether oxygens (including phenoxy) is 4. The number of nitrogens with one attached hydrogen (secondary N) is 2. The van der Waals surface area contributed by atoms with Gasteiger partial charge in [-0.05, 0) is 43.3 Å². The summed E-state index contributed by atoms with van der Waals surface area (Å²) < 4.78 is 19.0. The minimum absolute atomic E-state index is 0.0126. The highest BCUT2D eigenvalue weighted by molar-refractivity contribution is 6.00. The van der Waals surface area contributed by atoms with Crippen molar-refractivity contribution in [2.45, 2.75) is 6.92 Å². The molecule has 174 valence electrons. The SMILES string of the molecule is CCOC(=O)Nc1cccc(C(=O)OCC(=O)Nc2cc(C(=O)OC)cc(C(=O)OC)c2)c1. The molecule has 33 heavy (non-hydrogen) atoms. The molecular formula is C22H22N2O9. The molecule has 0 radical (unpaired) electrons. The molecular weight excluding hydrogens is 436 g/mol. The van der Waals surface area contributed by atoms with Gasteiger partial charge in [0.15, 0.2) is 6.61 Å². The molecule has 0 saturated heterocycles. The lowest BCUT2D eigenvalue weighted by Gasteiger charge is -2.10. The maximum Gasteiger partial charge on any atom is 0.411 e. The van der Waals surface area contributed by atoms with Gasteiger partial charge in [-0.1, -0.05) is 6.07 Å². The van der Waals surface area contributed by atoms with E-state index in [1.54, 1.807) is 13.0 Å². The van der Waals surface area contributed by atoms with Crippen molar-refractivity contribution in [2.24, 2.45) is 0 Å². The Balaban J connectivity index is 2.04. The van der Waals surface area contributed by atoms with Crippen molar-refractivity contribution in [3.8, 4) is 0 Å². The summed E-state index contributed by atoms with van der Waals surface area (Å²) in [7, 11) is 2.34. The maximum absolute atomic E-state index is 12.3. The van der Waals surface area contributed by atoms with Gasteiger partial charge in [0, 0.05) is 11.4 Å². The molecule has 0 spiro atoms. The molecule has 0 unspecified atom stereocenters. The predicted molar refractivity (Wildman–Crippen MR) is 115 cm³/mol. The third-order valence-electron chi connectivity index (χ3n) is 4.01. The number of hydrogen-bond donors (Lipinski definition) is 2. The second-order valence-corrected chi connectivity index (χ2v) is 6.33. The molecule has 0 aromatic heterocycles. The highest BCUT2D eigenvalue weighted by atomic mass is 16.5.